The van der Waals surface area contributed by atoms with Gasteiger partial charge in [0.05, 0.1) is 16.8 Å². The van der Waals surface area contributed by atoms with Gasteiger partial charge in [0.25, 0.3) is 0 Å². The fraction of sp³-hybridized carbons (Fsp3) is 0.471. The Labute approximate surface area is 141 Å². The van der Waals surface area contributed by atoms with Crippen LogP contribution in [-0.4, -0.2) is 33.8 Å². The molecule has 1 aliphatic heterocycles. The first-order valence-electron chi connectivity index (χ1n) is 7.99. The molecule has 2 aromatic rings. The first-order chi connectivity index (χ1) is 11.1. The van der Waals surface area contributed by atoms with E-state index < -0.39 is 0 Å². The van der Waals surface area contributed by atoms with Crippen molar-refractivity contribution < 1.29 is 4.39 Å². The molecular formula is C17H22ClFN4. The zero-order valence-corrected chi connectivity index (χ0v) is 14.2. The van der Waals surface area contributed by atoms with Crippen molar-refractivity contribution in [2.75, 3.05) is 13.1 Å². The number of hydrogen-bond acceptors (Lipinski definition) is 3. The van der Waals surface area contributed by atoms with E-state index in [-0.39, 0.29) is 22.9 Å². The zero-order chi connectivity index (χ0) is 16.4. The van der Waals surface area contributed by atoms with Gasteiger partial charge in [-0.25, -0.2) is 4.39 Å². The number of nitrogens with one attached hydrogen (secondary N) is 1. The lowest BCUT2D eigenvalue weighted by Gasteiger charge is -2.28. The molecule has 1 aliphatic rings. The molecule has 1 saturated heterocycles. The minimum Gasteiger partial charge on any atom is -0.306 e. The van der Waals surface area contributed by atoms with Crippen molar-refractivity contribution in [3.05, 3.63) is 52.6 Å². The Morgan fingerprint density at radius 1 is 1.39 bits per heavy atom. The normalized spacial score (nSPS) is 21.9. The lowest BCUT2D eigenvalue weighted by atomic mass is 9.99. The number of benzene rings is 1. The molecule has 0 spiro atoms. The molecule has 0 unspecified atom stereocenters. The summed E-state index contributed by atoms with van der Waals surface area (Å²) in [7, 11) is 1.91. The SMILES string of the molecule is CCN1CC[C@H](NCc2ccn(C)n2)[C@@H]1c1ccc(Cl)c(F)c1. The highest BCUT2D eigenvalue weighted by molar-refractivity contribution is 6.30. The second kappa shape index (κ2) is 6.99. The molecule has 0 amide bonds. The van der Waals surface area contributed by atoms with Crippen LogP contribution in [0.5, 0.6) is 0 Å². The number of hydrogen-bond donors (Lipinski definition) is 1. The Morgan fingerprint density at radius 3 is 2.87 bits per heavy atom. The molecule has 6 heteroatoms. The Balaban J connectivity index is 1.76. The van der Waals surface area contributed by atoms with Crippen LogP contribution in [0.4, 0.5) is 4.39 Å². The summed E-state index contributed by atoms with van der Waals surface area (Å²) < 4.78 is 15.7. The summed E-state index contributed by atoms with van der Waals surface area (Å²) in [5.41, 5.74) is 1.99. The van der Waals surface area contributed by atoms with Gasteiger partial charge in [-0.3, -0.25) is 9.58 Å². The summed E-state index contributed by atoms with van der Waals surface area (Å²) in [5, 5.41) is 8.16. The largest absolute Gasteiger partial charge is 0.306 e. The Morgan fingerprint density at radius 2 is 2.22 bits per heavy atom. The van der Waals surface area contributed by atoms with Crippen molar-refractivity contribution in [1.82, 2.24) is 20.0 Å². The van der Waals surface area contributed by atoms with Gasteiger partial charge in [-0.2, -0.15) is 5.10 Å². The Kier molecular flexibility index (Phi) is 4.99. The van der Waals surface area contributed by atoms with Crippen molar-refractivity contribution in [3.63, 3.8) is 0 Å². The van der Waals surface area contributed by atoms with Crippen molar-refractivity contribution in [3.8, 4) is 0 Å². The smallest absolute Gasteiger partial charge is 0.142 e. The molecule has 1 fully saturated rings. The summed E-state index contributed by atoms with van der Waals surface area (Å²) in [6.07, 6.45) is 2.98. The Hall–Kier alpha value is -1.43. The van der Waals surface area contributed by atoms with E-state index in [1.54, 1.807) is 16.8 Å². The van der Waals surface area contributed by atoms with E-state index in [1.165, 1.54) is 0 Å². The van der Waals surface area contributed by atoms with Crippen molar-refractivity contribution in [2.45, 2.75) is 32.0 Å². The number of rotatable bonds is 5. The summed E-state index contributed by atoms with van der Waals surface area (Å²) in [6, 6.07) is 7.59. The van der Waals surface area contributed by atoms with E-state index in [0.29, 0.717) is 0 Å². The summed E-state index contributed by atoms with van der Waals surface area (Å²) in [4.78, 5) is 2.37. The standard InChI is InChI=1S/C17H22ClFN4/c1-3-23-9-7-16(20-11-13-6-8-22(2)21-13)17(23)12-4-5-14(18)15(19)10-12/h4-6,8,10,16-17,20H,3,7,9,11H2,1-2H3/t16-,17-/m0/s1. The number of aromatic nitrogens is 2. The molecule has 4 nitrogen and oxygen atoms in total. The number of likely N-dealkylation sites (N-methyl/N-ethyl adjacent to an activating group) is 1. The van der Waals surface area contributed by atoms with Gasteiger partial charge in [-0.1, -0.05) is 24.6 Å². The average Bonchev–Trinajstić information content (AvgIpc) is 3.13. The van der Waals surface area contributed by atoms with Crippen molar-refractivity contribution >= 4 is 11.6 Å². The van der Waals surface area contributed by atoms with Crippen LogP contribution in [-0.2, 0) is 13.6 Å². The van der Waals surface area contributed by atoms with Crippen molar-refractivity contribution in [1.29, 1.82) is 0 Å². The quantitative estimate of drug-likeness (QED) is 0.910. The zero-order valence-electron chi connectivity index (χ0n) is 13.5. The first kappa shape index (κ1) is 16.4. The predicted molar refractivity (Wildman–Crippen MR) is 89.9 cm³/mol. The molecule has 0 aliphatic carbocycles. The minimum absolute atomic E-state index is 0.162. The molecule has 1 aromatic carbocycles. The second-order valence-corrected chi connectivity index (χ2v) is 6.41. The minimum atomic E-state index is -0.351. The summed E-state index contributed by atoms with van der Waals surface area (Å²) in [6.45, 7) is 4.80. The van der Waals surface area contributed by atoms with Gasteiger partial charge in [0.15, 0.2) is 0 Å². The molecule has 3 rings (SSSR count). The molecule has 0 radical (unpaired) electrons. The van der Waals surface area contributed by atoms with Crippen LogP contribution >= 0.6 is 11.6 Å². The van der Waals surface area contributed by atoms with Gasteiger partial charge in [0.1, 0.15) is 5.82 Å². The third-order valence-corrected chi connectivity index (χ3v) is 4.81. The number of aryl methyl sites for hydroxylation is 1. The number of halogens is 2. The predicted octanol–water partition coefficient (Wildman–Crippen LogP) is 3.14. The lowest BCUT2D eigenvalue weighted by Crippen LogP contribution is -2.36. The van der Waals surface area contributed by atoms with Crippen LogP contribution in [0.25, 0.3) is 0 Å². The van der Waals surface area contributed by atoms with Crippen LogP contribution < -0.4 is 5.32 Å². The van der Waals surface area contributed by atoms with E-state index in [9.17, 15) is 4.39 Å². The lowest BCUT2D eigenvalue weighted by molar-refractivity contribution is 0.247. The maximum atomic E-state index is 13.9. The van der Waals surface area contributed by atoms with Gasteiger partial charge in [0.2, 0.25) is 0 Å². The molecule has 2 heterocycles. The third kappa shape index (κ3) is 3.57. The monoisotopic (exact) mass is 336 g/mol. The first-order valence-corrected chi connectivity index (χ1v) is 8.37. The van der Waals surface area contributed by atoms with Crippen LogP contribution in [0.2, 0.25) is 5.02 Å². The fourth-order valence-corrected chi connectivity index (χ4v) is 3.47. The molecule has 23 heavy (non-hydrogen) atoms. The van der Waals surface area contributed by atoms with E-state index in [2.05, 4.69) is 22.2 Å². The van der Waals surface area contributed by atoms with E-state index >= 15 is 0 Å². The fourth-order valence-electron chi connectivity index (χ4n) is 3.36. The van der Waals surface area contributed by atoms with Gasteiger partial charge in [-0.15, -0.1) is 0 Å². The van der Waals surface area contributed by atoms with E-state index in [1.807, 2.05) is 25.4 Å². The maximum Gasteiger partial charge on any atom is 0.142 e. The molecule has 0 saturated carbocycles. The average molecular weight is 337 g/mol. The van der Waals surface area contributed by atoms with Crippen LogP contribution in [0, 0.1) is 5.82 Å². The van der Waals surface area contributed by atoms with Crippen LogP contribution in [0.3, 0.4) is 0 Å². The van der Waals surface area contributed by atoms with Gasteiger partial charge >= 0.3 is 0 Å². The molecule has 1 N–H and O–H groups in total. The maximum absolute atomic E-state index is 13.9. The summed E-state index contributed by atoms with van der Waals surface area (Å²) >= 11 is 5.82. The van der Waals surface area contributed by atoms with Crippen LogP contribution in [0.1, 0.15) is 30.6 Å². The molecule has 0 bridgehead atoms. The van der Waals surface area contributed by atoms with E-state index in [4.69, 9.17) is 11.6 Å². The second-order valence-electron chi connectivity index (χ2n) is 6.00. The Bertz CT molecular complexity index is 672. The number of likely N-dealkylation sites (tertiary alicyclic amines) is 1. The van der Waals surface area contributed by atoms with E-state index in [0.717, 1.165) is 37.3 Å². The van der Waals surface area contributed by atoms with Gasteiger partial charge < -0.3 is 5.32 Å². The summed E-state index contributed by atoms with van der Waals surface area (Å²) in [5.74, 6) is -0.351. The highest BCUT2D eigenvalue weighted by atomic mass is 35.5. The highest BCUT2D eigenvalue weighted by Crippen LogP contribution is 2.33. The molecule has 124 valence electrons. The van der Waals surface area contributed by atoms with Gasteiger partial charge in [0, 0.05) is 32.4 Å². The van der Waals surface area contributed by atoms with Crippen LogP contribution in [0.15, 0.2) is 30.5 Å². The number of nitrogens with zero attached hydrogens (tertiary/aromatic N) is 3. The third-order valence-electron chi connectivity index (χ3n) is 4.51. The molecule has 1 aromatic heterocycles. The molecule has 2 atom stereocenters. The molecular weight excluding hydrogens is 315 g/mol. The van der Waals surface area contributed by atoms with Gasteiger partial charge in [-0.05, 0) is 36.7 Å². The topological polar surface area (TPSA) is 33.1 Å². The highest BCUT2D eigenvalue weighted by Gasteiger charge is 2.34. The van der Waals surface area contributed by atoms with Crippen molar-refractivity contribution in [2.24, 2.45) is 7.05 Å².